The van der Waals surface area contributed by atoms with Crippen LogP contribution in [0.25, 0.3) is 0 Å². The molecule has 1 aliphatic carbocycles. The first kappa shape index (κ1) is 21.5. The maximum Gasteiger partial charge on any atom is 0.230 e. The molecule has 0 aromatic carbocycles. The van der Waals surface area contributed by atoms with Crippen molar-refractivity contribution in [1.29, 1.82) is 0 Å². The maximum absolute atomic E-state index is 4.00. The molecule has 6 atom stereocenters. The number of hydrogen-bond donors (Lipinski definition) is 0. The van der Waals surface area contributed by atoms with E-state index in [1.54, 1.807) is 5.57 Å². The summed E-state index contributed by atoms with van der Waals surface area (Å²) in [6, 6.07) is 1.15. The summed E-state index contributed by atoms with van der Waals surface area (Å²) >= 11 is 0. The van der Waals surface area contributed by atoms with E-state index < -0.39 is 0 Å². The van der Waals surface area contributed by atoms with E-state index >= 15 is 0 Å². The molecule has 0 saturated carbocycles. The van der Waals surface area contributed by atoms with Gasteiger partial charge in [-0.3, -0.25) is 0 Å². The van der Waals surface area contributed by atoms with Gasteiger partial charge < -0.3 is 4.81 Å². The summed E-state index contributed by atoms with van der Waals surface area (Å²) in [5.74, 6) is 3.48. The van der Waals surface area contributed by atoms with E-state index in [0.717, 1.165) is 12.2 Å². The van der Waals surface area contributed by atoms with Crippen molar-refractivity contribution in [3.8, 4) is 0 Å². The van der Waals surface area contributed by atoms with E-state index in [2.05, 4.69) is 84.2 Å². The van der Waals surface area contributed by atoms with Crippen LogP contribution in [-0.4, -0.2) is 23.7 Å². The van der Waals surface area contributed by atoms with Gasteiger partial charge in [-0.25, -0.2) is 0 Å². The number of unbranched alkanes of at least 4 members (excludes halogenated alkanes) is 1. The molecule has 1 nitrogen and oxygen atoms in total. The van der Waals surface area contributed by atoms with Crippen LogP contribution in [0.15, 0.2) is 36.5 Å². The van der Waals surface area contributed by atoms with Crippen molar-refractivity contribution in [3.05, 3.63) is 36.5 Å². The lowest BCUT2D eigenvalue weighted by atomic mass is 9.34. The molecule has 1 fully saturated rings. The zero-order valence-electron chi connectivity index (χ0n) is 18.4. The number of nitrogens with zero attached hydrogens (tertiary/aromatic N) is 1. The van der Waals surface area contributed by atoms with Gasteiger partial charge in [0.15, 0.2) is 0 Å². The van der Waals surface area contributed by atoms with Crippen molar-refractivity contribution in [2.45, 2.75) is 97.9 Å². The molecule has 0 spiro atoms. The Morgan fingerprint density at radius 2 is 1.92 bits per heavy atom. The molecule has 1 aliphatic heterocycles. The zero-order valence-corrected chi connectivity index (χ0v) is 18.4. The Bertz CT molecular complexity index is 520. The average Bonchev–Trinajstić information content (AvgIpc) is 2.61. The van der Waals surface area contributed by atoms with Crippen LogP contribution in [0.3, 0.4) is 0 Å². The van der Waals surface area contributed by atoms with Gasteiger partial charge in [0, 0.05) is 6.04 Å². The van der Waals surface area contributed by atoms with Crippen molar-refractivity contribution in [2.24, 2.45) is 17.8 Å². The molecule has 0 N–H and O–H groups in total. The predicted molar refractivity (Wildman–Crippen MR) is 119 cm³/mol. The minimum Gasteiger partial charge on any atom is -0.333 e. The molecule has 26 heavy (non-hydrogen) atoms. The lowest BCUT2D eigenvalue weighted by molar-refractivity contribution is 0.214. The van der Waals surface area contributed by atoms with E-state index in [1.807, 2.05) is 0 Å². The Morgan fingerprint density at radius 3 is 2.50 bits per heavy atom. The van der Waals surface area contributed by atoms with Gasteiger partial charge in [0.05, 0.1) is 0 Å². The van der Waals surface area contributed by atoms with Gasteiger partial charge in [0.2, 0.25) is 6.85 Å². The van der Waals surface area contributed by atoms with Gasteiger partial charge in [-0.05, 0) is 48.8 Å². The van der Waals surface area contributed by atoms with Gasteiger partial charge in [-0.15, -0.1) is 6.58 Å². The molecule has 146 valence electrons. The van der Waals surface area contributed by atoms with Crippen molar-refractivity contribution < 1.29 is 0 Å². The third-order valence-corrected chi connectivity index (χ3v) is 7.19. The molecule has 0 amide bonds. The molecule has 0 bridgehead atoms. The first-order valence-electron chi connectivity index (χ1n) is 11.1. The van der Waals surface area contributed by atoms with Crippen LogP contribution in [0, 0.1) is 17.8 Å². The van der Waals surface area contributed by atoms with Gasteiger partial charge >= 0.3 is 0 Å². The largest absolute Gasteiger partial charge is 0.333 e. The van der Waals surface area contributed by atoms with Gasteiger partial charge in [0.1, 0.15) is 0 Å². The first-order chi connectivity index (χ1) is 12.3. The molecule has 0 aromatic heterocycles. The molecular weight excluding hydrogens is 313 g/mol. The number of hydrogen-bond acceptors (Lipinski definition) is 1. The summed E-state index contributed by atoms with van der Waals surface area (Å²) < 4.78 is 0. The highest BCUT2D eigenvalue weighted by molar-refractivity contribution is 6.59. The maximum atomic E-state index is 4.00. The van der Waals surface area contributed by atoms with E-state index in [0.29, 0.717) is 42.5 Å². The van der Waals surface area contributed by atoms with Crippen LogP contribution in [0.2, 0.25) is 11.6 Å². The summed E-state index contributed by atoms with van der Waals surface area (Å²) in [4.78, 5) is 2.84. The van der Waals surface area contributed by atoms with E-state index in [9.17, 15) is 0 Å². The topological polar surface area (TPSA) is 3.24 Å². The quantitative estimate of drug-likeness (QED) is 0.335. The summed E-state index contributed by atoms with van der Waals surface area (Å²) in [6.45, 7) is 21.7. The van der Waals surface area contributed by atoms with Crippen LogP contribution in [0.4, 0.5) is 0 Å². The predicted octanol–water partition coefficient (Wildman–Crippen LogP) is 7.00. The molecule has 0 aromatic rings. The lowest BCUT2D eigenvalue weighted by Crippen LogP contribution is -2.60. The molecule has 1 saturated heterocycles. The fraction of sp³-hybridized carbons (Fsp3) is 0.750. The second kappa shape index (κ2) is 9.44. The average molecular weight is 355 g/mol. The second-order valence-electron chi connectivity index (χ2n) is 9.34. The Balaban J connectivity index is 2.38. The van der Waals surface area contributed by atoms with E-state index in [-0.39, 0.29) is 0 Å². The standard InChI is InChI=1S/C24H42BN/c1-9-11-14-19(6)25-20(7)24-22(18(5)13-10-2)15-12-16-23(24)21(8)26(25)17(3)4/h10,12,15-22,24H,2,9,11,13-14H2,1,3-8H3. The van der Waals surface area contributed by atoms with Crippen molar-refractivity contribution in [3.63, 3.8) is 0 Å². The third-order valence-electron chi connectivity index (χ3n) is 7.19. The third kappa shape index (κ3) is 4.21. The first-order valence-corrected chi connectivity index (χ1v) is 11.1. The molecule has 1 heterocycles. The highest BCUT2D eigenvalue weighted by Crippen LogP contribution is 2.51. The summed E-state index contributed by atoms with van der Waals surface area (Å²) in [5.41, 5.74) is 1.67. The highest BCUT2D eigenvalue weighted by Gasteiger charge is 2.50. The number of allylic oxidation sites excluding steroid dienone is 4. The molecule has 2 heteroatoms. The van der Waals surface area contributed by atoms with Crippen molar-refractivity contribution >= 4 is 6.85 Å². The van der Waals surface area contributed by atoms with Crippen LogP contribution in [-0.2, 0) is 0 Å². The number of rotatable bonds is 8. The fourth-order valence-corrected chi connectivity index (χ4v) is 6.00. The Kier molecular flexibility index (Phi) is 7.83. The minimum atomic E-state index is 0.550. The Hall–Kier alpha value is -0.755. The fourth-order valence-electron chi connectivity index (χ4n) is 6.00. The van der Waals surface area contributed by atoms with Gasteiger partial charge in [-0.2, -0.15) is 0 Å². The Labute approximate surface area is 164 Å². The molecule has 0 radical (unpaired) electrons. The van der Waals surface area contributed by atoms with Crippen LogP contribution in [0.1, 0.15) is 74.1 Å². The number of fused-ring (bicyclic) bond motifs is 1. The van der Waals surface area contributed by atoms with E-state index in [1.165, 1.54) is 19.3 Å². The normalized spacial score (nSPS) is 31.5. The van der Waals surface area contributed by atoms with Crippen LogP contribution >= 0.6 is 0 Å². The summed E-state index contributed by atoms with van der Waals surface area (Å²) in [5, 5.41) is 0. The molecular formula is C24H42BN. The van der Waals surface area contributed by atoms with Crippen LogP contribution < -0.4 is 0 Å². The van der Waals surface area contributed by atoms with Gasteiger partial charge in [-0.1, -0.05) is 90.7 Å². The SMILES string of the molecule is C=CCC(C)C1C=CC=C2C1C(C)B(C(C)CCCC)N(C(C)C)C2C. The van der Waals surface area contributed by atoms with Gasteiger partial charge in [0.25, 0.3) is 0 Å². The van der Waals surface area contributed by atoms with Crippen molar-refractivity contribution in [2.75, 3.05) is 0 Å². The lowest BCUT2D eigenvalue weighted by Gasteiger charge is -2.55. The van der Waals surface area contributed by atoms with Crippen molar-refractivity contribution in [1.82, 2.24) is 4.81 Å². The minimum absolute atomic E-state index is 0.550. The summed E-state index contributed by atoms with van der Waals surface area (Å²) in [6.07, 6.45) is 14.5. The molecule has 2 aliphatic rings. The Morgan fingerprint density at radius 1 is 1.23 bits per heavy atom. The van der Waals surface area contributed by atoms with E-state index in [4.69, 9.17) is 0 Å². The smallest absolute Gasteiger partial charge is 0.230 e. The monoisotopic (exact) mass is 355 g/mol. The molecule has 6 unspecified atom stereocenters. The van der Waals surface area contributed by atoms with Crippen LogP contribution in [0.5, 0.6) is 0 Å². The zero-order chi connectivity index (χ0) is 19.4. The summed E-state index contributed by atoms with van der Waals surface area (Å²) in [7, 11) is 0. The molecule has 2 rings (SSSR count). The second-order valence-corrected chi connectivity index (χ2v) is 9.34. The highest BCUT2D eigenvalue weighted by atomic mass is 15.1.